The summed E-state index contributed by atoms with van der Waals surface area (Å²) in [6, 6.07) is 0. The summed E-state index contributed by atoms with van der Waals surface area (Å²) in [4.78, 5) is 2.34. The molecule has 0 saturated heterocycles. The molecular weight excluding hydrogens is 150 g/mol. The highest BCUT2D eigenvalue weighted by molar-refractivity contribution is 4.62. The zero-order valence-corrected chi connectivity index (χ0v) is 8.88. The largest absolute Gasteiger partial charge is 0.393 e. The molecule has 0 radical (unpaired) electrons. The number of nitrogens with zero attached hydrogens (tertiary/aromatic N) is 1. The van der Waals surface area contributed by atoms with Gasteiger partial charge < -0.3 is 10.0 Å². The van der Waals surface area contributed by atoms with Gasteiger partial charge in [0.2, 0.25) is 0 Å². The molecule has 0 bridgehead atoms. The van der Waals surface area contributed by atoms with Crippen LogP contribution < -0.4 is 0 Å². The highest BCUT2D eigenvalue weighted by atomic mass is 16.3. The van der Waals surface area contributed by atoms with Crippen LogP contribution in [-0.2, 0) is 0 Å². The fourth-order valence-corrected chi connectivity index (χ4v) is 1.19. The van der Waals surface area contributed by atoms with Crippen molar-refractivity contribution < 1.29 is 5.11 Å². The van der Waals surface area contributed by atoms with Gasteiger partial charge in [0.05, 0.1) is 6.10 Å². The zero-order chi connectivity index (χ0) is 9.56. The number of hydrogen-bond donors (Lipinski definition) is 1. The Labute approximate surface area is 76.6 Å². The molecule has 0 saturated carbocycles. The van der Waals surface area contributed by atoms with E-state index in [1.807, 2.05) is 0 Å². The van der Waals surface area contributed by atoms with Crippen molar-refractivity contribution in [1.29, 1.82) is 0 Å². The van der Waals surface area contributed by atoms with Gasteiger partial charge in [-0.25, -0.2) is 0 Å². The molecular formula is C10H23NO. The molecule has 0 aliphatic carbocycles. The van der Waals surface area contributed by atoms with E-state index in [0.717, 1.165) is 26.1 Å². The van der Waals surface area contributed by atoms with E-state index in [1.165, 1.54) is 0 Å². The van der Waals surface area contributed by atoms with Gasteiger partial charge in [-0.1, -0.05) is 27.7 Å². The second-order valence-electron chi connectivity index (χ2n) is 3.63. The summed E-state index contributed by atoms with van der Waals surface area (Å²) < 4.78 is 0. The third kappa shape index (κ3) is 4.73. The van der Waals surface area contributed by atoms with Gasteiger partial charge in [0.1, 0.15) is 0 Å². The van der Waals surface area contributed by atoms with Crippen molar-refractivity contribution in [3.05, 3.63) is 0 Å². The lowest BCUT2D eigenvalue weighted by Gasteiger charge is -2.21. The van der Waals surface area contributed by atoms with Gasteiger partial charge in [-0.3, -0.25) is 0 Å². The van der Waals surface area contributed by atoms with Crippen LogP contribution in [0.5, 0.6) is 0 Å². The highest BCUT2D eigenvalue weighted by Crippen LogP contribution is 2.06. The summed E-state index contributed by atoms with van der Waals surface area (Å²) in [5, 5.41) is 9.54. The lowest BCUT2D eigenvalue weighted by atomic mass is 10.0. The molecule has 1 unspecified atom stereocenters. The summed E-state index contributed by atoms with van der Waals surface area (Å²) in [6.45, 7) is 11.6. The van der Waals surface area contributed by atoms with Crippen LogP contribution in [0.2, 0.25) is 0 Å². The predicted octanol–water partition coefficient (Wildman–Crippen LogP) is 1.74. The van der Waals surface area contributed by atoms with Gasteiger partial charge in [-0.15, -0.1) is 0 Å². The van der Waals surface area contributed by atoms with E-state index in [9.17, 15) is 5.11 Å². The molecule has 1 atom stereocenters. The average Bonchev–Trinajstić information content (AvgIpc) is 2.05. The normalized spacial score (nSPS) is 14.2. The van der Waals surface area contributed by atoms with Gasteiger partial charge >= 0.3 is 0 Å². The molecule has 1 N–H and O–H groups in total. The van der Waals surface area contributed by atoms with Crippen molar-refractivity contribution in [2.75, 3.05) is 19.6 Å². The Balaban J connectivity index is 3.51. The minimum atomic E-state index is -0.134. The van der Waals surface area contributed by atoms with Crippen LogP contribution in [0.1, 0.15) is 34.1 Å². The van der Waals surface area contributed by atoms with Crippen LogP contribution in [-0.4, -0.2) is 35.7 Å². The van der Waals surface area contributed by atoms with E-state index in [1.54, 1.807) is 0 Å². The monoisotopic (exact) mass is 173 g/mol. The Morgan fingerprint density at radius 3 is 2.00 bits per heavy atom. The van der Waals surface area contributed by atoms with E-state index >= 15 is 0 Å². The summed E-state index contributed by atoms with van der Waals surface area (Å²) in [5.74, 6) is 0.389. The van der Waals surface area contributed by atoms with Gasteiger partial charge in [0, 0.05) is 6.54 Å². The Bertz CT molecular complexity index is 98.0. The smallest absolute Gasteiger partial charge is 0.0575 e. The third-order valence-corrected chi connectivity index (χ3v) is 2.41. The number of rotatable bonds is 6. The summed E-state index contributed by atoms with van der Waals surface area (Å²) in [5.41, 5.74) is 0. The molecule has 0 spiro atoms. The maximum atomic E-state index is 9.54. The first-order valence-electron chi connectivity index (χ1n) is 5.02. The molecule has 74 valence electrons. The van der Waals surface area contributed by atoms with Crippen molar-refractivity contribution in [1.82, 2.24) is 4.90 Å². The quantitative estimate of drug-likeness (QED) is 0.661. The minimum Gasteiger partial charge on any atom is -0.393 e. The standard InChI is InChI=1S/C10H23NO/c1-5-11(6-2)8-7-10(12)9(3)4/h9-10,12H,5-8H2,1-4H3. The SMILES string of the molecule is CCN(CC)CCC(O)C(C)C. The summed E-state index contributed by atoms with van der Waals surface area (Å²) >= 11 is 0. The minimum absolute atomic E-state index is 0.134. The predicted molar refractivity (Wildman–Crippen MR) is 53.2 cm³/mol. The average molecular weight is 173 g/mol. The first-order valence-corrected chi connectivity index (χ1v) is 5.02. The van der Waals surface area contributed by atoms with Gasteiger partial charge in [-0.2, -0.15) is 0 Å². The molecule has 0 amide bonds. The number of aliphatic hydroxyl groups excluding tert-OH is 1. The van der Waals surface area contributed by atoms with Crippen LogP contribution in [0.4, 0.5) is 0 Å². The van der Waals surface area contributed by atoms with Crippen molar-refractivity contribution in [2.45, 2.75) is 40.2 Å². The Hall–Kier alpha value is -0.0800. The molecule has 0 fully saturated rings. The molecule has 0 aliphatic rings. The zero-order valence-electron chi connectivity index (χ0n) is 8.88. The van der Waals surface area contributed by atoms with Crippen LogP contribution in [0.15, 0.2) is 0 Å². The molecule has 2 heteroatoms. The van der Waals surface area contributed by atoms with E-state index < -0.39 is 0 Å². The van der Waals surface area contributed by atoms with Crippen LogP contribution in [0.25, 0.3) is 0 Å². The summed E-state index contributed by atoms with van der Waals surface area (Å²) in [7, 11) is 0. The third-order valence-electron chi connectivity index (χ3n) is 2.41. The Morgan fingerprint density at radius 2 is 1.67 bits per heavy atom. The van der Waals surface area contributed by atoms with E-state index in [4.69, 9.17) is 0 Å². The fraction of sp³-hybridized carbons (Fsp3) is 1.00. The Kier molecular flexibility index (Phi) is 6.39. The molecule has 0 aromatic rings. The van der Waals surface area contributed by atoms with Crippen LogP contribution in [0.3, 0.4) is 0 Å². The molecule has 12 heavy (non-hydrogen) atoms. The number of aliphatic hydroxyl groups is 1. The lowest BCUT2D eigenvalue weighted by Crippen LogP contribution is -2.28. The maximum absolute atomic E-state index is 9.54. The lowest BCUT2D eigenvalue weighted by molar-refractivity contribution is 0.101. The topological polar surface area (TPSA) is 23.5 Å². The van der Waals surface area contributed by atoms with Crippen molar-refractivity contribution >= 4 is 0 Å². The van der Waals surface area contributed by atoms with Gasteiger partial charge in [-0.05, 0) is 25.4 Å². The maximum Gasteiger partial charge on any atom is 0.0575 e. The van der Waals surface area contributed by atoms with E-state index in [2.05, 4.69) is 32.6 Å². The molecule has 0 heterocycles. The molecule has 0 aliphatic heterocycles. The molecule has 0 rings (SSSR count). The number of hydrogen-bond acceptors (Lipinski definition) is 2. The van der Waals surface area contributed by atoms with Crippen LogP contribution in [0, 0.1) is 5.92 Å². The highest BCUT2D eigenvalue weighted by Gasteiger charge is 2.09. The first kappa shape index (κ1) is 11.9. The van der Waals surface area contributed by atoms with Crippen molar-refractivity contribution in [2.24, 2.45) is 5.92 Å². The van der Waals surface area contributed by atoms with Gasteiger partial charge in [0.25, 0.3) is 0 Å². The van der Waals surface area contributed by atoms with E-state index in [-0.39, 0.29) is 6.10 Å². The van der Waals surface area contributed by atoms with Gasteiger partial charge in [0.15, 0.2) is 0 Å². The molecule has 0 aromatic heterocycles. The van der Waals surface area contributed by atoms with Crippen molar-refractivity contribution in [3.8, 4) is 0 Å². The second kappa shape index (κ2) is 6.44. The molecule has 2 nitrogen and oxygen atoms in total. The Morgan fingerprint density at radius 1 is 1.17 bits per heavy atom. The fourth-order valence-electron chi connectivity index (χ4n) is 1.19. The van der Waals surface area contributed by atoms with Crippen molar-refractivity contribution in [3.63, 3.8) is 0 Å². The summed E-state index contributed by atoms with van der Waals surface area (Å²) in [6.07, 6.45) is 0.768. The van der Waals surface area contributed by atoms with Crippen LogP contribution >= 0.6 is 0 Å². The second-order valence-corrected chi connectivity index (χ2v) is 3.63. The van der Waals surface area contributed by atoms with E-state index in [0.29, 0.717) is 5.92 Å². The molecule has 0 aromatic carbocycles. The first-order chi connectivity index (χ1) is 5.61.